The highest BCUT2D eigenvalue weighted by Gasteiger charge is 2.13. The summed E-state index contributed by atoms with van der Waals surface area (Å²) in [7, 11) is 4.05. The maximum Gasteiger partial charge on any atom is 0.336 e. The molecule has 3 aromatic rings. The molecule has 0 fully saturated rings. The maximum atomic E-state index is 11.4. The van der Waals surface area contributed by atoms with E-state index in [0.29, 0.717) is 11.1 Å². The van der Waals surface area contributed by atoms with Crippen molar-refractivity contribution in [3.8, 4) is 11.3 Å². The van der Waals surface area contributed by atoms with Crippen molar-refractivity contribution in [2.45, 2.75) is 6.54 Å². The number of hydrogen-bond acceptors (Lipinski definition) is 3. The van der Waals surface area contributed by atoms with E-state index in [0.717, 1.165) is 23.3 Å². The summed E-state index contributed by atoms with van der Waals surface area (Å²) in [5.41, 5.74) is 10.3. The van der Waals surface area contributed by atoms with Crippen LogP contribution in [0.15, 0.2) is 42.5 Å². The van der Waals surface area contributed by atoms with Crippen molar-refractivity contribution >= 4 is 22.6 Å². The summed E-state index contributed by atoms with van der Waals surface area (Å²) in [5.74, 6) is -0.978. The first-order chi connectivity index (χ1) is 10.9. The van der Waals surface area contributed by atoms with Crippen molar-refractivity contribution in [2.24, 2.45) is 0 Å². The molecule has 1 aromatic heterocycles. The number of rotatable bonds is 4. The van der Waals surface area contributed by atoms with Gasteiger partial charge in [-0.05, 0) is 49.5 Å². The number of carboxylic acid groups (broad SMARTS) is 1. The predicted octanol–water partition coefficient (Wildman–Crippen LogP) is 3.18. The molecule has 2 aromatic carbocycles. The van der Waals surface area contributed by atoms with Crippen LogP contribution in [0.2, 0.25) is 0 Å². The van der Waals surface area contributed by atoms with Crippen molar-refractivity contribution in [1.29, 1.82) is 0 Å². The molecule has 5 heteroatoms. The van der Waals surface area contributed by atoms with Crippen molar-refractivity contribution < 1.29 is 9.90 Å². The summed E-state index contributed by atoms with van der Waals surface area (Å²) in [6, 6.07) is 13.3. The zero-order chi connectivity index (χ0) is 16.6. The first kappa shape index (κ1) is 15.1. The van der Waals surface area contributed by atoms with E-state index in [-0.39, 0.29) is 5.56 Å². The van der Waals surface area contributed by atoms with Gasteiger partial charge in [-0.1, -0.05) is 18.2 Å². The third kappa shape index (κ3) is 3.05. The summed E-state index contributed by atoms with van der Waals surface area (Å²) in [6.07, 6.45) is 0. The maximum absolute atomic E-state index is 11.4. The van der Waals surface area contributed by atoms with E-state index >= 15 is 0 Å². The third-order valence-electron chi connectivity index (χ3n) is 3.73. The third-order valence-corrected chi connectivity index (χ3v) is 3.73. The van der Waals surface area contributed by atoms with Crippen LogP contribution in [-0.4, -0.2) is 35.1 Å². The van der Waals surface area contributed by atoms with Crippen LogP contribution in [-0.2, 0) is 6.54 Å². The average Bonchev–Trinajstić information content (AvgIpc) is 2.89. The normalized spacial score (nSPS) is 11.3. The van der Waals surface area contributed by atoms with E-state index in [1.54, 1.807) is 6.07 Å². The standard InChI is InChI=1S/C18H19N3O2/c1-21(2)10-11-4-3-5-12(6-11)16-9-14-15(18(22)23)7-13(19)8-17(14)20-16/h3-9,20H,10,19H2,1-2H3,(H,22,23). The molecule has 1 heterocycles. The Morgan fingerprint density at radius 2 is 2.00 bits per heavy atom. The Bertz CT molecular complexity index is 881. The number of fused-ring (bicyclic) bond motifs is 1. The number of carbonyl (C=O) groups is 1. The van der Waals surface area contributed by atoms with Crippen molar-refractivity contribution in [3.63, 3.8) is 0 Å². The largest absolute Gasteiger partial charge is 0.478 e. The zero-order valence-electron chi connectivity index (χ0n) is 13.1. The molecule has 0 saturated carbocycles. The Hall–Kier alpha value is -2.79. The molecule has 0 aliphatic rings. The van der Waals surface area contributed by atoms with E-state index in [1.165, 1.54) is 11.6 Å². The molecule has 118 valence electrons. The number of anilines is 1. The fraction of sp³-hybridized carbons (Fsp3) is 0.167. The second kappa shape index (κ2) is 5.78. The smallest absolute Gasteiger partial charge is 0.336 e. The Balaban J connectivity index is 2.11. The Labute approximate surface area is 134 Å². The molecule has 5 nitrogen and oxygen atoms in total. The SMILES string of the molecule is CN(C)Cc1cccc(-c2cc3c(C(=O)O)cc(N)cc3[nH]2)c1. The summed E-state index contributed by atoms with van der Waals surface area (Å²) in [4.78, 5) is 16.8. The van der Waals surface area contributed by atoms with Crippen LogP contribution in [0.4, 0.5) is 5.69 Å². The van der Waals surface area contributed by atoms with Gasteiger partial charge in [0.05, 0.1) is 5.56 Å². The summed E-state index contributed by atoms with van der Waals surface area (Å²) < 4.78 is 0. The molecule has 0 amide bonds. The second-order valence-electron chi connectivity index (χ2n) is 5.96. The summed E-state index contributed by atoms with van der Waals surface area (Å²) in [5, 5.41) is 10.0. The van der Waals surface area contributed by atoms with Crippen LogP contribution in [0.3, 0.4) is 0 Å². The number of benzene rings is 2. The van der Waals surface area contributed by atoms with Gasteiger partial charge in [0.25, 0.3) is 0 Å². The molecule has 0 atom stereocenters. The highest BCUT2D eigenvalue weighted by Crippen LogP contribution is 2.29. The van der Waals surface area contributed by atoms with Gasteiger partial charge in [0, 0.05) is 28.8 Å². The molecule has 4 N–H and O–H groups in total. The molecule has 3 rings (SSSR count). The van der Waals surface area contributed by atoms with Gasteiger partial charge in [-0.25, -0.2) is 4.79 Å². The minimum Gasteiger partial charge on any atom is -0.478 e. The fourth-order valence-electron chi connectivity index (χ4n) is 2.79. The van der Waals surface area contributed by atoms with Gasteiger partial charge in [-0.2, -0.15) is 0 Å². The quantitative estimate of drug-likeness (QED) is 0.646. The van der Waals surface area contributed by atoms with E-state index in [9.17, 15) is 9.90 Å². The van der Waals surface area contributed by atoms with Gasteiger partial charge >= 0.3 is 5.97 Å². The van der Waals surface area contributed by atoms with Crippen molar-refractivity contribution in [1.82, 2.24) is 9.88 Å². The number of nitrogen functional groups attached to an aromatic ring is 1. The molecular weight excluding hydrogens is 290 g/mol. The number of carboxylic acids is 1. The number of aromatic nitrogens is 1. The van der Waals surface area contributed by atoms with Gasteiger partial charge in [-0.3, -0.25) is 0 Å². The molecule has 0 aliphatic carbocycles. The highest BCUT2D eigenvalue weighted by molar-refractivity contribution is 6.05. The number of aromatic amines is 1. The van der Waals surface area contributed by atoms with Gasteiger partial charge in [0.1, 0.15) is 0 Å². The molecule has 23 heavy (non-hydrogen) atoms. The summed E-state index contributed by atoms with van der Waals surface area (Å²) >= 11 is 0. The minimum absolute atomic E-state index is 0.215. The van der Waals surface area contributed by atoms with Crippen LogP contribution in [0.5, 0.6) is 0 Å². The number of nitrogens with zero attached hydrogens (tertiary/aromatic N) is 1. The first-order valence-electron chi connectivity index (χ1n) is 7.33. The summed E-state index contributed by atoms with van der Waals surface area (Å²) in [6.45, 7) is 0.849. The highest BCUT2D eigenvalue weighted by atomic mass is 16.4. The Morgan fingerprint density at radius 3 is 2.70 bits per heavy atom. The van der Waals surface area contributed by atoms with Gasteiger partial charge in [0.2, 0.25) is 0 Å². The minimum atomic E-state index is -0.978. The number of H-pyrrole nitrogens is 1. The topological polar surface area (TPSA) is 82.3 Å². The van der Waals surface area contributed by atoms with Crippen LogP contribution < -0.4 is 5.73 Å². The van der Waals surface area contributed by atoms with E-state index in [1.807, 2.05) is 32.3 Å². The van der Waals surface area contributed by atoms with Crippen molar-refractivity contribution in [3.05, 3.63) is 53.6 Å². The lowest BCUT2D eigenvalue weighted by molar-refractivity contribution is 0.0699. The van der Waals surface area contributed by atoms with E-state index in [2.05, 4.69) is 22.0 Å². The van der Waals surface area contributed by atoms with E-state index < -0.39 is 5.97 Å². The Kier molecular flexibility index (Phi) is 3.80. The number of nitrogens with two attached hydrogens (primary N) is 1. The molecule has 0 unspecified atom stereocenters. The molecule has 0 aliphatic heterocycles. The lowest BCUT2D eigenvalue weighted by atomic mass is 10.1. The monoisotopic (exact) mass is 309 g/mol. The number of nitrogens with one attached hydrogen (secondary N) is 1. The predicted molar refractivity (Wildman–Crippen MR) is 92.5 cm³/mol. The van der Waals surface area contributed by atoms with Crippen LogP contribution >= 0.6 is 0 Å². The van der Waals surface area contributed by atoms with Crippen LogP contribution in [0.1, 0.15) is 15.9 Å². The van der Waals surface area contributed by atoms with Gasteiger partial charge in [0.15, 0.2) is 0 Å². The number of aromatic carboxylic acids is 1. The molecule has 0 spiro atoms. The first-order valence-corrected chi connectivity index (χ1v) is 7.33. The van der Waals surface area contributed by atoms with Crippen LogP contribution in [0, 0.1) is 0 Å². The lowest BCUT2D eigenvalue weighted by Crippen LogP contribution is -2.10. The fourth-order valence-corrected chi connectivity index (χ4v) is 2.79. The molecule has 0 radical (unpaired) electrons. The number of hydrogen-bond donors (Lipinski definition) is 3. The molecular formula is C18H19N3O2. The van der Waals surface area contributed by atoms with Gasteiger partial charge in [-0.15, -0.1) is 0 Å². The second-order valence-corrected chi connectivity index (χ2v) is 5.96. The lowest BCUT2D eigenvalue weighted by Gasteiger charge is -2.10. The van der Waals surface area contributed by atoms with Crippen LogP contribution in [0.25, 0.3) is 22.2 Å². The van der Waals surface area contributed by atoms with Crippen molar-refractivity contribution in [2.75, 3.05) is 19.8 Å². The molecule has 0 saturated heterocycles. The molecule has 0 bridgehead atoms. The Morgan fingerprint density at radius 1 is 1.22 bits per heavy atom. The zero-order valence-corrected chi connectivity index (χ0v) is 13.1. The van der Waals surface area contributed by atoms with Gasteiger partial charge < -0.3 is 20.7 Å². The average molecular weight is 309 g/mol. The van der Waals surface area contributed by atoms with E-state index in [4.69, 9.17) is 5.73 Å².